The van der Waals surface area contributed by atoms with Crippen LogP contribution in [0.3, 0.4) is 0 Å². The first kappa shape index (κ1) is 23.3. The number of hydrogen-bond acceptors (Lipinski definition) is 4. The number of nitrogens with one attached hydrogen (secondary N) is 4. The minimum atomic E-state index is -0.331. The summed E-state index contributed by atoms with van der Waals surface area (Å²) in [6.45, 7) is 0. The van der Waals surface area contributed by atoms with Crippen molar-refractivity contribution in [2.45, 2.75) is 38.5 Å². The maximum absolute atomic E-state index is 12.9. The topological polar surface area (TPSA) is 116 Å². The SMILES string of the molecule is O=C1CCCc2cc(NC(=O)c3cccc(C(=O)Nc4ccc5c(c4)CCCC(=O)N5)c3)ccc2N1. The molecule has 2 aliphatic rings. The Balaban J connectivity index is 1.28. The molecule has 4 N–H and O–H groups in total. The minimum absolute atomic E-state index is 0.00159. The van der Waals surface area contributed by atoms with Gasteiger partial charge in [-0.15, -0.1) is 0 Å². The van der Waals surface area contributed by atoms with Gasteiger partial charge in [-0.3, -0.25) is 19.2 Å². The van der Waals surface area contributed by atoms with Crippen molar-refractivity contribution in [2.24, 2.45) is 0 Å². The Morgan fingerprint density at radius 2 is 1.08 bits per heavy atom. The van der Waals surface area contributed by atoms with Crippen LogP contribution in [0.15, 0.2) is 60.7 Å². The van der Waals surface area contributed by atoms with Crippen molar-refractivity contribution < 1.29 is 19.2 Å². The molecule has 8 heteroatoms. The Kier molecular flexibility index (Phi) is 6.49. The second kappa shape index (κ2) is 10.0. The van der Waals surface area contributed by atoms with E-state index in [0.717, 1.165) is 48.2 Å². The van der Waals surface area contributed by atoms with Crippen LogP contribution in [-0.4, -0.2) is 23.6 Å². The van der Waals surface area contributed by atoms with Gasteiger partial charge >= 0.3 is 0 Å². The molecular formula is C28H26N4O4. The summed E-state index contributed by atoms with van der Waals surface area (Å²) in [5.74, 6) is -0.664. The standard InChI is InChI=1S/C28H26N4O4/c33-25-8-2-4-17-15-21(10-12-23(17)31-25)29-27(35)19-6-1-7-20(14-19)28(36)30-22-11-13-24-18(16-22)5-3-9-26(34)32-24/h1,6-7,10-16H,2-5,8-9H2,(H,29,35)(H,30,36)(H,31,33)(H,32,34). The molecule has 3 aromatic carbocycles. The number of fused-ring (bicyclic) bond motifs is 2. The van der Waals surface area contributed by atoms with E-state index in [2.05, 4.69) is 21.3 Å². The Hall–Kier alpha value is -4.46. The lowest BCUT2D eigenvalue weighted by Crippen LogP contribution is -2.16. The summed E-state index contributed by atoms with van der Waals surface area (Å²) in [5, 5.41) is 11.5. The molecule has 0 saturated carbocycles. The maximum Gasteiger partial charge on any atom is 0.255 e. The number of carbonyl (C=O) groups excluding carboxylic acids is 4. The van der Waals surface area contributed by atoms with Crippen LogP contribution in [0.4, 0.5) is 22.7 Å². The normalized spacial score (nSPS) is 14.8. The van der Waals surface area contributed by atoms with Crippen LogP contribution in [-0.2, 0) is 22.4 Å². The molecule has 36 heavy (non-hydrogen) atoms. The van der Waals surface area contributed by atoms with Gasteiger partial charge in [0.1, 0.15) is 0 Å². The van der Waals surface area contributed by atoms with Crippen LogP contribution >= 0.6 is 0 Å². The Morgan fingerprint density at radius 1 is 0.611 bits per heavy atom. The van der Waals surface area contributed by atoms with Crippen LogP contribution in [0.25, 0.3) is 0 Å². The first-order valence-electron chi connectivity index (χ1n) is 12.0. The van der Waals surface area contributed by atoms with Gasteiger partial charge in [-0.2, -0.15) is 0 Å². The smallest absolute Gasteiger partial charge is 0.255 e. The highest BCUT2D eigenvalue weighted by Crippen LogP contribution is 2.27. The van der Waals surface area contributed by atoms with E-state index in [1.165, 1.54) is 0 Å². The van der Waals surface area contributed by atoms with Gasteiger partial charge in [0.15, 0.2) is 0 Å². The molecule has 2 aliphatic heterocycles. The maximum atomic E-state index is 12.9. The molecule has 0 atom stereocenters. The summed E-state index contributed by atoms with van der Waals surface area (Å²) in [6, 6.07) is 17.4. The van der Waals surface area contributed by atoms with Crippen molar-refractivity contribution in [1.29, 1.82) is 0 Å². The minimum Gasteiger partial charge on any atom is -0.326 e. The zero-order valence-electron chi connectivity index (χ0n) is 19.6. The molecule has 182 valence electrons. The van der Waals surface area contributed by atoms with E-state index in [4.69, 9.17) is 0 Å². The summed E-state index contributed by atoms with van der Waals surface area (Å²) in [5.41, 5.74) is 5.47. The zero-order valence-corrected chi connectivity index (χ0v) is 19.6. The second-order valence-electron chi connectivity index (χ2n) is 9.04. The highest BCUT2D eigenvalue weighted by molar-refractivity contribution is 6.09. The highest BCUT2D eigenvalue weighted by Gasteiger charge is 2.17. The highest BCUT2D eigenvalue weighted by atomic mass is 16.2. The number of rotatable bonds is 4. The van der Waals surface area contributed by atoms with E-state index >= 15 is 0 Å². The largest absolute Gasteiger partial charge is 0.326 e. The molecule has 8 nitrogen and oxygen atoms in total. The van der Waals surface area contributed by atoms with Crippen LogP contribution in [0.5, 0.6) is 0 Å². The zero-order chi connectivity index (χ0) is 25.1. The Labute approximate surface area is 208 Å². The fraction of sp³-hybridized carbons (Fsp3) is 0.214. The predicted octanol–water partition coefficient (Wildman–Crippen LogP) is 4.74. The van der Waals surface area contributed by atoms with Crippen LogP contribution < -0.4 is 21.3 Å². The third-order valence-corrected chi connectivity index (χ3v) is 6.36. The Morgan fingerprint density at radius 3 is 1.56 bits per heavy atom. The number of anilines is 4. The van der Waals surface area contributed by atoms with E-state index in [-0.39, 0.29) is 23.6 Å². The molecule has 0 saturated heterocycles. The van der Waals surface area contributed by atoms with Gasteiger partial charge in [0.05, 0.1) is 0 Å². The van der Waals surface area contributed by atoms with Gasteiger partial charge < -0.3 is 21.3 Å². The van der Waals surface area contributed by atoms with Crippen LogP contribution in [0.2, 0.25) is 0 Å². The monoisotopic (exact) mass is 482 g/mol. The van der Waals surface area contributed by atoms with Crippen LogP contribution in [0, 0.1) is 0 Å². The fourth-order valence-corrected chi connectivity index (χ4v) is 4.51. The molecule has 0 unspecified atom stereocenters. The summed E-state index contributed by atoms with van der Waals surface area (Å²) in [6.07, 6.45) is 3.98. The third kappa shape index (κ3) is 5.27. The van der Waals surface area contributed by atoms with E-state index < -0.39 is 0 Å². The lowest BCUT2D eigenvalue weighted by Gasteiger charge is -2.12. The van der Waals surface area contributed by atoms with Gasteiger partial charge in [-0.25, -0.2) is 0 Å². The van der Waals surface area contributed by atoms with Gasteiger partial charge in [-0.1, -0.05) is 6.07 Å². The Bertz CT molecular complexity index is 1280. The summed E-state index contributed by atoms with van der Waals surface area (Å²) >= 11 is 0. The molecule has 0 spiro atoms. The molecule has 0 aliphatic carbocycles. The van der Waals surface area contributed by atoms with Gasteiger partial charge in [0.2, 0.25) is 11.8 Å². The van der Waals surface area contributed by atoms with E-state index in [1.807, 2.05) is 12.1 Å². The van der Waals surface area contributed by atoms with Crippen molar-refractivity contribution in [3.63, 3.8) is 0 Å². The lowest BCUT2D eigenvalue weighted by atomic mass is 10.1. The molecule has 3 aromatic rings. The van der Waals surface area contributed by atoms with E-state index in [0.29, 0.717) is 35.3 Å². The first-order valence-corrected chi connectivity index (χ1v) is 12.0. The van der Waals surface area contributed by atoms with E-state index in [1.54, 1.807) is 48.5 Å². The van der Waals surface area contributed by atoms with Crippen molar-refractivity contribution in [3.05, 3.63) is 82.9 Å². The molecule has 0 bridgehead atoms. The fourth-order valence-electron chi connectivity index (χ4n) is 4.51. The first-order chi connectivity index (χ1) is 17.4. The number of aryl methyl sites for hydroxylation is 2. The molecule has 0 fully saturated rings. The second-order valence-corrected chi connectivity index (χ2v) is 9.04. The molecule has 5 rings (SSSR count). The predicted molar refractivity (Wildman–Crippen MR) is 138 cm³/mol. The van der Waals surface area contributed by atoms with Crippen LogP contribution in [0.1, 0.15) is 57.5 Å². The van der Waals surface area contributed by atoms with E-state index in [9.17, 15) is 19.2 Å². The summed E-state index contributed by atoms with van der Waals surface area (Å²) in [7, 11) is 0. The molecule has 2 heterocycles. The third-order valence-electron chi connectivity index (χ3n) is 6.36. The lowest BCUT2D eigenvalue weighted by molar-refractivity contribution is -0.117. The van der Waals surface area contributed by atoms with Gasteiger partial charge in [-0.05, 0) is 91.4 Å². The van der Waals surface area contributed by atoms with Gasteiger partial charge in [0.25, 0.3) is 11.8 Å². The van der Waals surface area contributed by atoms with Crippen molar-refractivity contribution in [2.75, 3.05) is 21.3 Å². The van der Waals surface area contributed by atoms with Gasteiger partial charge in [0, 0.05) is 46.7 Å². The molecule has 0 radical (unpaired) electrons. The number of amides is 4. The van der Waals surface area contributed by atoms with Crippen molar-refractivity contribution in [3.8, 4) is 0 Å². The molecule has 4 amide bonds. The van der Waals surface area contributed by atoms with Crippen molar-refractivity contribution >= 4 is 46.4 Å². The average Bonchev–Trinajstić information content (AvgIpc) is 3.17. The number of benzene rings is 3. The number of carbonyl (C=O) groups is 4. The molecular weight excluding hydrogens is 456 g/mol. The van der Waals surface area contributed by atoms with Crippen molar-refractivity contribution in [1.82, 2.24) is 0 Å². The molecule has 0 aromatic heterocycles. The summed E-state index contributed by atoms with van der Waals surface area (Å²) < 4.78 is 0. The quantitative estimate of drug-likeness (QED) is 0.430. The summed E-state index contributed by atoms with van der Waals surface area (Å²) in [4.78, 5) is 49.3. The number of hydrogen-bond donors (Lipinski definition) is 4. The average molecular weight is 483 g/mol.